The van der Waals surface area contributed by atoms with Gasteiger partial charge in [0.15, 0.2) is 5.78 Å². The number of rotatable bonds is 2. The minimum atomic E-state index is 0.0170. The van der Waals surface area contributed by atoms with Gasteiger partial charge in [0.05, 0.1) is 6.61 Å². The van der Waals surface area contributed by atoms with E-state index in [0.29, 0.717) is 11.1 Å². The first kappa shape index (κ1) is 9.97. The van der Waals surface area contributed by atoms with Gasteiger partial charge in [-0.2, -0.15) is 0 Å². The van der Waals surface area contributed by atoms with Gasteiger partial charge in [-0.3, -0.25) is 4.79 Å². The summed E-state index contributed by atoms with van der Waals surface area (Å²) in [7, 11) is 0. The zero-order chi connectivity index (χ0) is 10.8. The van der Waals surface area contributed by atoms with Gasteiger partial charge in [-0.05, 0) is 49.1 Å². The zero-order valence-electron chi connectivity index (χ0n) is 8.88. The molecular formula is C13H14O2. The number of ketones is 1. The summed E-state index contributed by atoms with van der Waals surface area (Å²) in [4.78, 5) is 11.7. The first-order chi connectivity index (χ1) is 7.18. The van der Waals surface area contributed by atoms with Crippen LogP contribution in [0.5, 0.6) is 5.75 Å². The lowest BCUT2D eigenvalue weighted by molar-refractivity contribution is 0.103. The second-order valence-corrected chi connectivity index (χ2v) is 3.88. The fourth-order valence-corrected chi connectivity index (χ4v) is 1.75. The summed E-state index contributed by atoms with van der Waals surface area (Å²) in [6.45, 7) is 6.18. The highest BCUT2D eigenvalue weighted by Gasteiger charge is 2.13. The predicted molar refractivity (Wildman–Crippen MR) is 59.4 cm³/mol. The molecule has 0 N–H and O–H groups in total. The van der Waals surface area contributed by atoms with Gasteiger partial charge in [0.25, 0.3) is 0 Å². The Bertz CT molecular complexity index is 419. The van der Waals surface area contributed by atoms with Gasteiger partial charge < -0.3 is 4.74 Å². The van der Waals surface area contributed by atoms with Crippen molar-refractivity contribution in [2.75, 3.05) is 6.61 Å². The van der Waals surface area contributed by atoms with E-state index in [1.807, 2.05) is 12.1 Å². The van der Waals surface area contributed by atoms with E-state index in [1.54, 1.807) is 13.0 Å². The minimum Gasteiger partial charge on any atom is -0.493 e. The maximum Gasteiger partial charge on any atom is 0.188 e. The SMILES string of the molecule is C=C(C)C(=O)c1ccc2c(c1)CCCO2. The molecule has 1 aliphatic heterocycles. The Kier molecular flexibility index (Phi) is 2.58. The largest absolute Gasteiger partial charge is 0.493 e. The molecule has 0 radical (unpaired) electrons. The van der Waals surface area contributed by atoms with Crippen LogP contribution in [-0.2, 0) is 6.42 Å². The third kappa shape index (κ3) is 1.94. The number of allylic oxidation sites excluding steroid dienone is 1. The Hall–Kier alpha value is -1.57. The van der Waals surface area contributed by atoms with Crippen molar-refractivity contribution in [3.8, 4) is 5.75 Å². The van der Waals surface area contributed by atoms with Crippen LogP contribution in [-0.4, -0.2) is 12.4 Å². The lowest BCUT2D eigenvalue weighted by Gasteiger charge is -2.17. The quantitative estimate of drug-likeness (QED) is 0.544. The molecule has 1 aromatic rings. The molecule has 0 fully saturated rings. The van der Waals surface area contributed by atoms with Crippen LogP contribution in [0.25, 0.3) is 0 Å². The van der Waals surface area contributed by atoms with Crippen LogP contribution in [0.2, 0.25) is 0 Å². The van der Waals surface area contributed by atoms with Crippen molar-refractivity contribution in [2.24, 2.45) is 0 Å². The fourth-order valence-electron chi connectivity index (χ4n) is 1.75. The van der Waals surface area contributed by atoms with Gasteiger partial charge in [-0.1, -0.05) is 6.58 Å². The molecule has 0 spiro atoms. The number of carbonyl (C=O) groups is 1. The summed E-state index contributed by atoms with van der Waals surface area (Å²) in [5.41, 5.74) is 2.42. The van der Waals surface area contributed by atoms with E-state index in [-0.39, 0.29) is 5.78 Å². The van der Waals surface area contributed by atoms with Crippen molar-refractivity contribution in [3.63, 3.8) is 0 Å². The normalized spacial score (nSPS) is 13.9. The van der Waals surface area contributed by atoms with E-state index in [1.165, 1.54) is 0 Å². The summed E-state index contributed by atoms with van der Waals surface area (Å²) >= 11 is 0. The van der Waals surface area contributed by atoms with Crippen molar-refractivity contribution in [3.05, 3.63) is 41.5 Å². The number of aryl methyl sites for hydroxylation is 1. The van der Waals surface area contributed by atoms with E-state index in [4.69, 9.17) is 4.74 Å². The zero-order valence-corrected chi connectivity index (χ0v) is 8.88. The van der Waals surface area contributed by atoms with Crippen LogP contribution in [0, 0.1) is 0 Å². The molecule has 2 rings (SSSR count). The summed E-state index contributed by atoms with van der Waals surface area (Å²) in [6.07, 6.45) is 2.02. The van der Waals surface area contributed by atoms with E-state index < -0.39 is 0 Å². The van der Waals surface area contributed by atoms with E-state index in [2.05, 4.69) is 6.58 Å². The third-order valence-electron chi connectivity index (χ3n) is 2.56. The maximum atomic E-state index is 11.7. The topological polar surface area (TPSA) is 26.3 Å². The molecule has 2 nitrogen and oxygen atoms in total. The molecule has 0 aliphatic carbocycles. The van der Waals surface area contributed by atoms with Crippen LogP contribution in [0.1, 0.15) is 29.3 Å². The maximum absolute atomic E-state index is 11.7. The molecule has 0 saturated heterocycles. The first-order valence-corrected chi connectivity index (χ1v) is 5.14. The van der Waals surface area contributed by atoms with Crippen molar-refractivity contribution >= 4 is 5.78 Å². The highest BCUT2D eigenvalue weighted by Crippen LogP contribution is 2.26. The van der Waals surface area contributed by atoms with Crippen LogP contribution in [0.15, 0.2) is 30.4 Å². The molecule has 78 valence electrons. The standard InChI is InChI=1S/C13H14O2/c1-9(2)13(14)11-5-6-12-10(8-11)4-3-7-15-12/h5-6,8H,1,3-4,7H2,2H3. The fraction of sp³-hybridized carbons (Fsp3) is 0.308. The summed E-state index contributed by atoms with van der Waals surface area (Å²) in [5, 5.41) is 0. The van der Waals surface area contributed by atoms with Crippen molar-refractivity contribution in [1.82, 2.24) is 0 Å². The Morgan fingerprint density at radius 2 is 2.27 bits per heavy atom. The molecule has 0 saturated carbocycles. The molecule has 15 heavy (non-hydrogen) atoms. The second-order valence-electron chi connectivity index (χ2n) is 3.88. The molecule has 0 unspecified atom stereocenters. The van der Waals surface area contributed by atoms with Crippen LogP contribution in [0.3, 0.4) is 0 Å². The summed E-state index contributed by atoms with van der Waals surface area (Å²) in [5.74, 6) is 0.933. The van der Waals surface area contributed by atoms with Gasteiger partial charge in [0, 0.05) is 5.56 Å². The van der Waals surface area contributed by atoms with Crippen LogP contribution in [0.4, 0.5) is 0 Å². The van der Waals surface area contributed by atoms with Crippen LogP contribution < -0.4 is 4.74 Å². The molecule has 0 bridgehead atoms. The molecule has 1 aromatic carbocycles. The Balaban J connectivity index is 2.36. The smallest absolute Gasteiger partial charge is 0.188 e. The van der Waals surface area contributed by atoms with Crippen LogP contribution >= 0.6 is 0 Å². The van der Waals surface area contributed by atoms with E-state index in [9.17, 15) is 4.79 Å². The summed E-state index contributed by atoms with van der Waals surface area (Å²) < 4.78 is 5.48. The first-order valence-electron chi connectivity index (χ1n) is 5.14. The number of ether oxygens (including phenoxy) is 1. The molecule has 1 heterocycles. The molecule has 2 heteroatoms. The number of fused-ring (bicyclic) bond motifs is 1. The van der Waals surface area contributed by atoms with Crippen molar-refractivity contribution in [2.45, 2.75) is 19.8 Å². The number of Topliss-reactive ketones (excluding diaryl/α,β-unsaturated/α-hetero) is 1. The molecule has 0 aromatic heterocycles. The number of hydrogen-bond donors (Lipinski definition) is 0. The van der Waals surface area contributed by atoms with Gasteiger partial charge in [0.2, 0.25) is 0 Å². The van der Waals surface area contributed by atoms with Gasteiger partial charge >= 0.3 is 0 Å². The van der Waals surface area contributed by atoms with E-state index in [0.717, 1.165) is 30.8 Å². The third-order valence-corrected chi connectivity index (χ3v) is 2.56. The Labute approximate surface area is 89.6 Å². The molecule has 1 aliphatic rings. The predicted octanol–water partition coefficient (Wildman–Crippen LogP) is 2.77. The second kappa shape index (κ2) is 3.89. The number of hydrogen-bond acceptors (Lipinski definition) is 2. The average molecular weight is 202 g/mol. The lowest BCUT2D eigenvalue weighted by atomic mass is 9.99. The monoisotopic (exact) mass is 202 g/mol. The van der Waals surface area contributed by atoms with Gasteiger partial charge in [0.1, 0.15) is 5.75 Å². The Morgan fingerprint density at radius 3 is 3.00 bits per heavy atom. The Morgan fingerprint density at radius 1 is 1.47 bits per heavy atom. The minimum absolute atomic E-state index is 0.0170. The van der Waals surface area contributed by atoms with E-state index >= 15 is 0 Å². The number of benzene rings is 1. The molecule has 0 amide bonds. The lowest BCUT2D eigenvalue weighted by Crippen LogP contribution is -2.09. The van der Waals surface area contributed by atoms with Gasteiger partial charge in [-0.15, -0.1) is 0 Å². The molecule has 0 atom stereocenters. The van der Waals surface area contributed by atoms with Crippen molar-refractivity contribution < 1.29 is 9.53 Å². The molecular weight excluding hydrogens is 188 g/mol. The van der Waals surface area contributed by atoms with Gasteiger partial charge in [-0.25, -0.2) is 0 Å². The number of carbonyl (C=O) groups excluding carboxylic acids is 1. The van der Waals surface area contributed by atoms with Crippen molar-refractivity contribution in [1.29, 1.82) is 0 Å². The highest BCUT2D eigenvalue weighted by molar-refractivity contribution is 6.08. The summed E-state index contributed by atoms with van der Waals surface area (Å²) in [6, 6.07) is 5.61. The highest BCUT2D eigenvalue weighted by atomic mass is 16.5. The average Bonchev–Trinajstić information content (AvgIpc) is 2.27.